The number of para-hydroxylation sites is 1. The van der Waals surface area contributed by atoms with Crippen LogP contribution < -0.4 is 0 Å². The predicted molar refractivity (Wildman–Crippen MR) is 81.1 cm³/mol. The molecule has 22 heavy (non-hydrogen) atoms. The lowest BCUT2D eigenvalue weighted by molar-refractivity contribution is -0.387. The Morgan fingerprint density at radius 1 is 1.14 bits per heavy atom. The van der Waals surface area contributed by atoms with Crippen molar-refractivity contribution in [3.63, 3.8) is 0 Å². The number of nitro groups is 1. The Labute approximate surface area is 130 Å². The molecule has 0 radical (unpaired) electrons. The van der Waals surface area contributed by atoms with Crippen molar-refractivity contribution in [2.75, 3.05) is 0 Å². The zero-order valence-electron chi connectivity index (χ0n) is 11.6. The molecule has 0 fully saturated rings. The molecule has 1 aromatic heterocycles. The molecule has 0 unspecified atom stereocenters. The van der Waals surface area contributed by atoms with Crippen LogP contribution in [0.4, 0.5) is 5.69 Å². The molecule has 0 atom stereocenters. The number of tetrazole rings is 1. The van der Waals surface area contributed by atoms with Gasteiger partial charge >= 0.3 is 0 Å². The molecule has 0 amide bonds. The molecule has 1 heterocycles. The van der Waals surface area contributed by atoms with Gasteiger partial charge in [0.15, 0.2) is 0 Å². The highest BCUT2D eigenvalue weighted by molar-refractivity contribution is 7.99. The molecule has 0 aliphatic heterocycles. The number of aromatic nitrogens is 4. The van der Waals surface area contributed by atoms with E-state index in [4.69, 9.17) is 0 Å². The summed E-state index contributed by atoms with van der Waals surface area (Å²) in [6.07, 6.45) is 0. The van der Waals surface area contributed by atoms with Crippen molar-refractivity contribution < 1.29 is 4.92 Å². The van der Waals surface area contributed by atoms with E-state index in [-0.39, 0.29) is 5.69 Å². The van der Waals surface area contributed by atoms with Gasteiger partial charge in [-0.1, -0.05) is 29.8 Å². The van der Waals surface area contributed by atoms with Crippen molar-refractivity contribution in [2.24, 2.45) is 0 Å². The highest BCUT2D eigenvalue weighted by Crippen LogP contribution is 2.33. The number of benzene rings is 2. The molecule has 0 bridgehead atoms. The van der Waals surface area contributed by atoms with Crippen LogP contribution in [-0.2, 0) is 0 Å². The van der Waals surface area contributed by atoms with E-state index in [1.54, 1.807) is 22.9 Å². The lowest BCUT2D eigenvalue weighted by Crippen LogP contribution is -1.99. The summed E-state index contributed by atoms with van der Waals surface area (Å²) >= 11 is 1.16. The molecule has 3 aromatic rings. The molecule has 3 rings (SSSR count). The van der Waals surface area contributed by atoms with E-state index < -0.39 is 4.92 Å². The maximum Gasteiger partial charge on any atom is 0.283 e. The Kier molecular flexibility index (Phi) is 3.84. The third kappa shape index (κ3) is 2.82. The molecule has 110 valence electrons. The average Bonchev–Trinajstić information content (AvgIpc) is 2.96. The SMILES string of the molecule is Cc1ccc(-n2nnnc2Sc2ccccc2[N+](=O)[O-])cc1. The predicted octanol–water partition coefficient (Wildman–Crippen LogP) is 3.03. The second-order valence-corrected chi connectivity index (χ2v) is 5.54. The van der Waals surface area contributed by atoms with Gasteiger partial charge in [0.2, 0.25) is 5.16 Å². The van der Waals surface area contributed by atoms with E-state index in [2.05, 4.69) is 15.5 Å². The van der Waals surface area contributed by atoms with E-state index in [1.165, 1.54) is 6.07 Å². The monoisotopic (exact) mass is 313 g/mol. The Morgan fingerprint density at radius 3 is 2.59 bits per heavy atom. The first kappa shape index (κ1) is 14.2. The van der Waals surface area contributed by atoms with Crippen LogP contribution in [0.5, 0.6) is 0 Å². The molecule has 0 aliphatic carbocycles. The molecular formula is C14H11N5O2S. The van der Waals surface area contributed by atoms with Crippen molar-refractivity contribution in [2.45, 2.75) is 17.0 Å². The maximum absolute atomic E-state index is 11.1. The fraction of sp³-hybridized carbons (Fsp3) is 0.0714. The Morgan fingerprint density at radius 2 is 1.86 bits per heavy atom. The van der Waals surface area contributed by atoms with Crippen LogP contribution >= 0.6 is 11.8 Å². The zero-order valence-corrected chi connectivity index (χ0v) is 12.4. The molecule has 2 aromatic carbocycles. The van der Waals surface area contributed by atoms with E-state index in [0.29, 0.717) is 10.1 Å². The number of nitro benzene ring substituents is 1. The van der Waals surface area contributed by atoms with Crippen LogP contribution in [0, 0.1) is 17.0 Å². The highest BCUT2D eigenvalue weighted by Gasteiger charge is 2.17. The third-order valence-corrected chi connectivity index (χ3v) is 3.98. The van der Waals surface area contributed by atoms with Gasteiger partial charge in [-0.25, -0.2) is 0 Å². The van der Waals surface area contributed by atoms with Gasteiger partial charge in [0.05, 0.1) is 15.5 Å². The quantitative estimate of drug-likeness (QED) is 0.543. The first-order valence-electron chi connectivity index (χ1n) is 6.42. The summed E-state index contributed by atoms with van der Waals surface area (Å²) in [6.45, 7) is 1.99. The Bertz CT molecular complexity index is 816. The molecule has 0 N–H and O–H groups in total. The minimum Gasteiger partial charge on any atom is -0.258 e. The zero-order chi connectivity index (χ0) is 15.5. The fourth-order valence-corrected chi connectivity index (χ4v) is 2.78. The summed E-state index contributed by atoms with van der Waals surface area (Å²) in [5.41, 5.74) is 1.97. The molecule has 0 spiro atoms. The second-order valence-electron chi connectivity index (χ2n) is 4.54. The normalized spacial score (nSPS) is 10.6. The van der Waals surface area contributed by atoms with Crippen LogP contribution in [0.3, 0.4) is 0 Å². The van der Waals surface area contributed by atoms with Crippen molar-refractivity contribution in [3.8, 4) is 5.69 Å². The highest BCUT2D eigenvalue weighted by atomic mass is 32.2. The Hall–Kier alpha value is -2.74. The largest absolute Gasteiger partial charge is 0.283 e. The van der Waals surface area contributed by atoms with Gasteiger partial charge in [-0.2, -0.15) is 4.68 Å². The van der Waals surface area contributed by atoms with Crippen LogP contribution in [0.1, 0.15) is 5.56 Å². The second kappa shape index (κ2) is 5.94. The van der Waals surface area contributed by atoms with Crippen molar-refractivity contribution in [3.05, 3.63) is 64.2 Å². The Balaban J connectivity index is 1.97. The summed E-state index contributed by atoms with van der Waals surface area (Å²) in [6, 6.07) is 14.2. The smallest absolute Gasteiger partial charge is 0.258 e. The molecule has 7 nitrogen and oxygen atoms in total. The summed E-state index contributed by atoms with van der Waals surface area (Å²) in [7, 11) is 0. The van der Waals surface area contributed by atoms with E-state index in [0.717, 1.165) is 23.0 Å². The first-order valence-corrected chi connectivity index (χ1v) is 7.23. The average molecular weight is 313 g/mol. The molecule has 0 aliphatic rings. The summed E-state index contributed by atoms with van der Waals surface area (Å²) in [5, 5.41) is 23.1. The van der Waals surface area contributed by atoms with Gasteiger partial charge in [-0.15, -0.1) is 5.10 Å². The summed E-state index contributed by atoms with van der Waals surface area (Å²) < 4.78 is 1.56. The number of hydrogen-bond acceptors (Lipinski definition) is 6. The standard InChI is InChI=1S/C14H11N5O2S/c1-10-6-8-11(9-7-10)18-14(15-16-17-18)22-13-5-3-2-4-12(13)19(20)21/h2-9H,1H3. The maximum atomic E-state index is 11.1. The topological polar surface area (TPSA) is 86.7 Å². The first-order chi connectivity index (χ1) is 10.6. The van der Waals surface area contributed by atoms with Gasteiger partial charge < -0.3 is 0 Å². The lowest BCUT2D eigenvalue weighted by Gasteiger charge is -2.05. The van der Waals surface area contributed by atoms with E-state index in [1.807, 2.05) is 31.2 Å². The van der Waals surface area contributed by atoms with Crippen LogP contribution in [0.15, 0.2) is 58.6 Å². The molecular weight excluding hydrogens is 302 g/mol. The van der Waals surface area contributed by atoms with Crippen LogP contribution in [0.25, 0.3) is 5.69 Å². The van der Waals surface area contributed by atoms with Gasteiger partial charge in [0.1, 0.15) is 0 Å². The van der Waals surface area contributed by atoms with E-state index in [9.17, 15) is 10.1 Å². The number of nitrogens with zero attached hydrogens (tertiary/aromatic N) is 5. The van der Waals surface area contributed by atoms with Gasteiger partial charge in [0.25, 0.3) is 5.69 Å². The van der Waals surface area contributed by atoms with Gasteiger partial charge in [-0.3, -0.25) is 10.1 Å². The van der Waals surface area contributed by atoms with Gasteiger partial charge in [0, 0.05) is 6.07 Å². The minimum absolute atomic E-state index is 0.0333. The molecule has 0 saturated carbocycles. The third-order valence-electron chi connectivity index (χ3n) is 2.98. The van der Waals surface area contributed by atoms with Crippen LogP contribution in [0.2, 0.25) is 0 Å². The minimum atomic E-state index is -0.414. The molecule has 8 heteroatoms. The lowest BCUT2D eigenvalue weighted by atomic mass is 10.2. The fourth-order valence-electron chi connectivity index (χ4n) is 1.88. The van der Waals surface area contributed by atoms with E-state index >= 15 is 0 Å². The van der Waals surface area contributed by atoms with Crippen LogP contribution in [-0.4, -0.2) is 25.1 Å². The number of aryl methyl sites for hydroxylation is 1. The molecule has 0 saturated heterocycles. The number of hydrogen-bond donors (Lipinski definition) is 0. The summed E-state index contributed by atoms with van der Waals surface area (Å²) in [5.74, 6) is 0. The van der Waals surface area contributed by atoms with Gasteiger partial charge in [-0.05, 0) is 47.3 Å². The van der Waals surface area contributed by atoms with Crippen molar-refractivity contribution >= 4 is 17.4 Å². The van der Waals surface area contributed by atoms with Crippen molar-refractivity contribution in [1.82, 2.24) is 20.2 Å². The number of rotatable bonds is 4. The van der Waals surface area contributed by atoms with Crippen molar-refractivity contribution in [1.29, 1.82) is 0 Å². The summed E-state index contributed by atoms with van der Waals surface area (Å²) in [4.78, 5) is 11.2.